The number of fused-ring (bicyclic) bond motifs is 1. The molecule has 2 aromatic rings. The molecule has 3 aliphatic rings. The van der Waals surface area contributed by atoms with Crippen LogP contribution in [-0.2, 0) is 4.74 Å². The number of carbonyl (C=O) groups excluding carboxylic acids is 1. The average molecular weight is 411 g/mol. The maximum atomic E-state index is 13.6. The fourth-order valence-corrected chi connectivity index (χ4v) is 6.52. The van der Waals surface area contributed by atoms with Crippen molar-refractivity contribution >= 4 is 22.2 Å². The van der Waals surface area contributed by atoms with Crippen molar-refractivity contribution in [1.82, 2.24) is 4.90 Å². The van der Waals surface area contributed by atoms with E-state index in [1.807, 2.05) is 6.07 Å². The molecule has 0 bridgehead atoms. The van der Waals surface area contributed by atoms with Gasteiger partial charge < -0.3 is 14.5 Å². The summed E-state index contributed by atoms with van der Waals surface area (Å²) in [6.07, 6.45) is 7.54. The second-order valence-corrected chi connectivity index (χ2v) is 9.58. The lowest BCUT2D eigenvalue weighted by molar-refractivity contribution is 0.0395. The van der Waals surface area contributed by atoms with Crippen LogP contribution in [0.4, 0.5) is 5.00 Å². The van der Waals surface area contributed by atoms with Gasteiger partial charge >= 0.3 is 0 Å². The zero-order valence-electron chi connectivity index (χ0n) is 17.0. The van der Waals surface area contributed by atoms with Crippen LogP contribution in [0.1, 0.15) is 48.2 Å². The Labute approximate surface area is 177 Å². The van der Waals surface area contributed by atoms with E-state index in [1.54, 1.807) is 11.3 Å². The van der Waals surface area contributed by atoms with Crippen LogP contribution in [0.15, 0.2) is 36.4 Å². The highest BCUT2D eigenvalue weighted by molar-refractivity contribution is 7.18. The molecule has 29 heavy (non-hydrogen) atoms. The predicted molar refractivity (Wildman–Crippen MR) is 119 cm³/mol. The molecule has 5 rings (SSSR count). The smallest absolute Gasteiger partial charge is 0.264 e. The molecule has 0 unspecified atom stereocenters. The maximum absolute atomic E-state index is 13.6. The van der Waals surface area contributed by atoms with E-state index < -0.39 is 0 Å². The molecular formula is C24H30N2O2S. The molecule has 4 nitrogen and oxygen atoms in total. The minimum Gasteiger partial charge on any atom is -0.378 e. The van der Waals surface area contributed by atoms with Crippen molar-refractivity contribution in [2.45, 2.75) is 44.6 Å². The highest BCUT2D eigenvalue weighted by Crippen LogP contribution is 2.42. The Kier molecular flexibility index (Phi) is 5.60. The van der Waals surface area contributed by atoms with Gasteiger partial charge in [-0.15, -0.1) is 11.3 Å². The molecule has 2 atom stereocenters. The highest BCUT2D eigenvalue weighted by Gasteiger charge is 2.37. The molecule has 1 aromatic heterocycles. The number of likely N-dealkylation sites (tertiary alicyclic amines) is 1. The molecular weight excluding hydrogens is 380 g/mol. The number of hydrogen-bond acceptors (Lipinski definition) is 4. The molecule has 3 heterocycles. The Morgan fingerprint density at radius 3 is 2.55 bits per heavy atom. The molecule has 0 radical (unpaired) electrons. The summed E-state index contributed by atoms with van der Waals surface area (Å²) in [6, 6.07) is 13.1. The number of amides is 1. The fourth-order valence-electron chi connectivity index (χ4n) is 5.33. The second kappa shape index (κ2) is 8.49. The quantitative estimate of drug-likeness (QED) is 0.710. The van der Waals surface area contributed by atoms with Gasteiger partial charge in [0.1, 0.15) is 0 Å². The van der Waals surface area contributed by atoms with Crippen molar-refractivity contribution in [3.05, 3.63) is 41.3 Å². The van der Waals surface area contributed by atoms with Gasteiger partial charge in [0.2, 0.25) is 0 Å². The molecule has 1 aliphatic carbocycles. The van der Waals surface area contributed by atoms with E-state index in [2.05, 4.69) is 40.1 Å². The van der Waals surface area contributed by atoms with Crippen LogP contribution >= 0.6 is 11.3 Å². The third kappa shape index (κ3) is 3.82. The van der Waals surface area contributed by atoms with Crippen molar-refractivity contribution in [3.63, 3.8) is 0 Å². The predicted octanol–water partition coefficient (Wildman–Crippen LogP) is 5.05. The molecule has 2 saturated heterocycles. The average Bonchev–Trinajstić information content (AvgIpc) is 3.25. The van der Waals surface area contributed by atoms with Gasteiger partial charge in [0.05, 0.1) is 23.1 Å². The Morgan fingerprint density at radius 2 is 1.72 bits per heavy atom. The minimum absolute atomic E-state index is 0.253. The summed E-state index contributed by atoms with van der Waals surface area (Å²) in [7, 11) is 0. The second-order valence-electron chi connectivity index (χ2n) is 8.55. The first-order valence-electron chi connectivity index (χ1n) is 11.1. The van der Waals surface area contributed by atoms with Crippen molar-refractivity contribution < 1.29 is 9.53 Å². The number of ether oxygens (including phenoxy) is 1. The van der Waals surface area contributed by atoms with E-state index in [4.69, 9.17) is 4.74 Å². The zero-order chi connectivity index (χ0) is 19.6. The molecule has 0 N–H and O–H groups in total. The van der Waals surface area contributed by atoms with Gasteiger partial charge in [-0.1, -0.05) is 43.2 Å². The van der Waals surface area contributed by atoms with Crippen LogP contribution in [0, 0.1) is 5.92 Å². The molecule has 1 aromatic carbocycles. The van der Waals surface area contributed by atoms with Gasteiger partial charge in [0.25, 0.3) is 5.91 Å². The van der Waals surface area contributed by atoms with Gasteiger partial charge in [-0.05, 0) is 43.2 Å². The van der Waals surface area contributed by atoms with E-state index in [-0.39, 0.29) is 5.91 Å². The number of morpholine rings is 1. The molecule has 5 heteroatoms. The first-order chi connectivity index (χ1) is 14.3. The van der Waals surface area contributed by atoms with Crippen LogP contribution in [0.25, 0.3) is 11.1 Å². The summed E-state index contributed by atoms with van der Waals surface area (Å²) in [6.45, 7) is 4.22. The largest absolute Gasteiger partial charge is 0.378 e. The molecule has 0 spiro atoms. The van der Waals surface area contributed by atoms with Gasteiger partial charge in [0.15, 0.2) is 0 Å². The topological polar surface area (TPSA) is 32.8 Å². The van der Waals surface area contributed by atoms with Crippen molar-refractivity contribution in [3.8, 4) is 11.1 Å². The lowest BCUT2D eigenvalue weighted by atomic mass is 9.78. The lowest BCUT2D eigenvalue weighted by Gasteiger charge is -2.44. The lowest BCUT2D eigenvalue weighted by Crippen LogP contribution is -2.49. The first-order valence-corrected chi connectivity index (χ1v) is 12.0. The van der Waals surface area contributed by atoms with Crippen LogP contribution in [0.5, 0.6) is 0 Å². The van der Waals surface area contributed by atoms with Gasteiger partial charge in [-0.25, -0.2) is 0 Å². The number of carbonyl (C=O) groups is 1. The summed E-state index contributed by atoms with van der Waals surface area (Å²) < 4.78 is 5.56. The Morgan fingerprint density at radius 1 is 0.966 bits per heavy atom. The molecule has 2 aliphatic heterocycles. The van der Waals surface area contributed by atoms with Crippen LogP contribution in [0.2, 0.25) is 0 Å². The molecule has 1 saturated carbocycles. The van der Waals surface area contributed by atoms with E-state index in [1.165, 1.54) is 48.2 Å². The Balaban J connectivity index is 1.48. The Bertz CT molecular complexity index is 842. The zero-order valence-corrected chi connectivity index (χ0v) is 17.8. The monoisotopic (exact) mass is 410 g/mol. The Hall–Kier alpha value is -1.85. The summed E-state index contributed by atoms with van der Waals surface area (Å²) >= 11 is 1.68. The molecule has 3 fully saturated rings. The number of benzene rings is 1. The van der Waals surface area contributed by atoms with Crippen LogP contribution in [0.3, 0.4) is 0 Å². The van der Waals surface area contributed by atoms with Crippen molar-refractivity contribution in [2.75, 3.05) is 37.7 Å². The first kappa shape index (κ1) is 19.1. The SMILES string of the molecule is O=C(c1cc(-c2ccccc2)c(N2CCOCC2)s1)N1CCC[C@H]2CCCC[C@@H]21. The number of nitrogens with zero attached hydrogens (tertiary/aromatic N) is 2. The normalized spacial score (nSPS) is 25.0. The minimum atomic E-state index is 0.253. The summed E-state index contributed by atoms with van der Waals surface area (Å²) in [5.74, 6) is 0.969. The number of thiophene rings is 1. The summed E-state index contributed by atoms with van der Waals surface area (Å²) in [5.41, 5.74) is 2.39. The number of piperidine rings is 1. The molecule has 1 amide bonds. The van der Waals surface area contributed by atoms with Gasteiger partial charge in [0, 0.05) is 31.2 Å². The third-order valence-corrected chi connectivity index (χ3v) is 7.99. The van der Waals surface area contributed by atoms with E-state index >= 15 is 0 Å². The highest BCUT2D eigenvalue weighted by atomic mass is 32.1. The summed E-state index contributed by atoms with van der Waals surface area (Å²) in [4.78, 5) is 19.1. The standard InChI is InChI=1S/C24H30N2O2S/c27-23(26-12-6-10-19-9-4-5-11-21(19)26)22-17-20(18-7-2-1-3-8-18)24(29-22)25-13-15-28-16-14-25/h1-3,7-8,17,19,21H,4-6,9-16H2/t19-,21+/m1/s1. The van der Waals surface area contributed by atoms with Gasteiger partial charge in [-0.2, -0.15) is 0 Å². The summed E-state index contributed by atoms with van der Waals surface area (Å²) in [5, 5.41) is 1.22. The van der Waals surface area contributed by atoms with Crippen molar-refractivity contribution in [1.29, 1.82) is 0 Å². The van der Waals surface area contributed by atoms with Crippen LogP contribution < -0.4 is 4.90 Å². The number of hydrogen-bond donors (Lipinski definition) is 0. The van der Waals surface area contributed by atoms with Crippen molar-refractivity contribution in [2.24, 2.45) is 5.92 Å². The van der Waals surface area contributed by atoms with E-state index in [9.17, 15) is 4.79 Å². The number of rotatable bonds is 3. The van der Waals surface area contributed by atoms with E-state index in [0.717, 1.165) is 44.1 Å². The third-order valence-electron chi connectivity index (χ3n) is 6.81. The fraction of sp³-hybridized carbons (Fsp3) is 0.542. The number of anilines is 1. The molecule has 154 valence electrons. The van der Waals surface area contributed by atoms with E-state index in [0.29, 0.717) is 12.0 Å². The van der Waals surface area contributed by atoms with Crippen LogP contribution in [-0.4, -0.2) is 49.7 Å². The van der Waals surface area contributed by atoms with Gasteiger partial charge in [-0.3, -0.25) is 4.79 Å². The maximum Gasteiger partial charge on any atom is 0.264 e.